The molecule has 0 aromatic heterocycles. The number of aryl methyl sites for hydroxylation is 1. The van der Waals surface area contributed by atoms with Crippen molar-refractivity contribution in [1.29, 1.82) is 0 Å². The molecule has 2 fully saturated rings. The van der Waals surface area contributed by atoms with Crippen LogP contribution in [0.3, 0.4) is 0 Å². The average Bonchev–Trinajstić information content (AvgIpc) is 3.54. The quantitative estimate of drug-likeness (QED) is 0.291. The van der Waals surface area contributed by atoms with Gasteiger partial charge < -0.3 is 30.9 Å². The van der Waals surface area contributed by atoms with Crippen molar-refractivity contribution >= 4 is 29.6 Å². The molecule has 4 N–H and O–H groups in total. The molecule has 252 valence electrons. The van der Waals surface area contributed by atoms with E-state index in [-0.39, 0.29) is 48.6 Å². The number of hydrogen-bond acceptors (Lipinski definition) is 7. The first kappa shape index (κ1) is 34.1. The van der Waals surface area contributed by atoms with E-state index < -0.39 is 30.1 Å². The normalized spacial score (nSPS) is 22.4. The van der Waals surface area contributed by atoms with Gasteiger partial charge in [0.25, 0.3) is 5.91 Å². The van der Waals surface area contributed by atoms with Crippen molar-refractivity contribution in [1.82, 2.24) is 26.2 Å². The number of ether oxygens (including phenoxy) is 1. The molecule has 0 spiro atoms. The Morgan fingerprint density at radius 2 is 1.57 bits per heavy atom. The lowest BCUT2D eigenvalue weighted by atomic mass is 9.83. The fourth-order valence-corrected chi connectivity index (χ4v) is 7.19. The highest BCUT2D eigenvalue weighted by Gasteiger charge is 2.45. The van der Waals surface area contributed by atoms with E-state index in [2.05, 4.69) is 27.3 Å². The number of nitrogens with one attached hydrogen (secondary N) is 4. The van der Waals surface area contributed by atoms with Crippen LogP contribution in [0.15, 0.2) is 48.5 Å². The molecule has 0 radical (unpaired) electrons. The van der Waals surface area contributed by atoms with Gasteiger partial charge in [-0.3, -0.25) is 19.2 Å². The Morgan fingerprint density at radius 1 is 0.872 bits per heavy atom. The first-order valence-electron chi connectivity index (χ1n) is 16.9. The van der Waals surface area contributed by atoms with Crippen LogP contribution in [0.2, 0.25) is 0 Å². The van der Waals surface area contributed by atoms with E-state index in [1.807, 2.05) is 18.2 Å². The topological polar surface area (TPSA) is 146 Å². The van der Waals surface area contributed by atoms with Crippen molar-refractivity contribution in [3.8, 4) is 0 Å². The summed E-state index contributed by atoms with van der Waals surface area (Å²) in [4.78, 5) is 68.4. The number of likely N-dealkylation sites (tertiary alicyclic amines) is 1. The molecular weight excluding hydrogens is 598 g/mol. The third-order valence-electron chi connectivity index (χ3n) is 9.99. The van der Waals surface area contributed by atoms with Gasteiger partial charge in [-0.2, -0.15) is 0 Å². The van der Waals surface area contributed by atoms with Crippen molar-refractivity contribution < 1.29 is 28.7 Å². The van der Waals surface area contributed by atoms with Gasteiger partial charge in [-0.1, -0.05) is 43.5 Å². The maximum absolute atomic E-state index is 14.5. The molecule has 0 bridgehead atoms. The molecule has 1 heterocycles. The summed E-state index contributed by atoms with van der Waals surface area (Å²) in [5, 5.41) is 12.2. The Balaban J connectivity index is 1.38. The molecule has 1 aliphatic heterocycles. The first-order chi connectivity index (χ1) is 22.7. The minimum absolute atomic E-state index is 0.0415. The van der Waals surface area contributed by atoms with Crippen molar-refractivity contribution in [2.24, 2.45) is 5.92 Å². The van der Waals surface area contributed by atoms with E-state index >= 15 is 0 Å². The zero-order valence-corrected chi connectivity index (χ0v) is 27.6. The van der Waals surface area contributed by atoms with E-state index in [0.29, 0.717) is 11.1 Å². The number of carbonyl (C=O) groups is 5. The number of amides is 4. The molecular formula is C36H47N5O6. The van der Waals surface area contributed by atoms with Crippen LogP contribution in [0.1, 0.15) is 96.2 Å². The minimum Gasteiger partial charge on any atom is -0.465 e. The summed E-state index contributed by atoms with van der Waals surface area (Å²) in [6.07, 6.45) is 7.61. The smallest absolute Gasteiger partial charge is 0.337 e. The minimum atomic E-state index is -0.826. The second-order valence-corrected chi connectivity index (χ2v) is 13.0. The zero-order valence-electron chi connectivity index (χ0n) is 27.6. The van der Waals surface area contributed by atoms with E-state index in [4.69, 9.17) is 4.74 Å². The Morgan fingerprint density at radius 3 is 2.28 bits per heavy atom. The average molecular weight is 646 g/mol. The monoisotopic (exact) mass is 645 g/mol. The van der Waals surface area contributed by atoms with Crippen molar-refractivity contribution in [2.75, 3.05) is 20.7 Å². The van der Waals surface area contributed by atoms with Gasteiger partial charge in [0.15, 0.2) is 0 Å². The fraction of sp³-hybridized carbons (Fsp3) is 0.528. The fourth-order valence-electron chi connectivity index (χ4n) is 7.19. The van der Waals surface area contributed by atoms with Gasteiger partial charge in [0, 0.05) is 18.2 Å². The summed E-state index contributed by atoms with van der Waals surface area (Å²) in [7, 11) is 2.99. The second kappa shape index (κ2) is 15.6. The number of hydrogen-bond donors (Lipinski definition) is 4. The number of rotatable bonds is 10. The number of carbonyl (C=O) groups excluding carboxylic acids is 5. The molecule has 4 amide bonds. The zero-order chi connectivity index (χ0) is 33.5. The van der Waals surface area contributed by atoms with Crippen molar-refractivity contribution in [3.05, 3.63) is 70.8 Å². The Labute approximate surface area is 276 Å². The summed E-state index contributed by atoms with van der Waals surface area (Å²) in [5.41, 5.74) is 2.98. The third kappa shape index (κ3) is 8.01. The van der Waals surface area contributed by atoms with Crippen molar-refractivity contribution in [3.63, 3.8) is 0 Å². The van der Waals surface area contributed by atoms with Gasteiger partial charge in [-0.05, 0) is 93.8 Å². The number of benzene rings is 2. The summed E-state index contributed by atoms with van der Waals surface area (Å²) in [6, 6.07) is 11.5. The Kier molecular flexibility index (Phi) is 11.3. The van der Waals surface area contributed by atoms with Gasteiger partial charge in [0.1, 0.15) is 12.1 Å². The molecule has 47 heavy (non-hydrogen) atoms. The maximum Gasteiger partial charge on any atom is 0.337 e. The molecule has 5 rings (SSSR count). The lowest BCUT2D eigenvalue weighted by Gasteiger charge is -2.35. The molecule has 3 aliphatic rings. The van der Waals surface area contributed by atoms with E-state index in [1.165, 1.54) is 24.8 Å². The summed E-state index contributed by atoms with van der Waals surface area (Å²) < 4.78 is 4.75. The Bertz CT molecular complexity index is 1460. The third-order valence-corrected chi connectivity index (χ3v) is 9.99. The molecule has 1 saturated heterocycles. The second-order valence-electron chi connectivity index (χ2n) is 13.0. The lowest BCUT2D eigenvalue weighted by Crippen LogP contribution is -2.58. The van der Waals surface area contributed by atoms with Crippen LogP contribution < -0.4 is 21.3 Å². The molecule has 1 saturated carbocycles. The number of esters is 1. The number of fused-ring (bicyclic) bond motifs is 1. The first-order valence-corrected chi connectivity index (χ1v) is 16.9. The number of likely N-dealkylation sites (N-methyl/N-ethyl adjacent to an activating group) is 1. The van der Waals surface area contributed by atoms with Crippen LogP contribution in [0, 0.1) is 5.92 Å². The molecule has 5 atom stereocenters. The van der Waals surface area contributed by atoms with Gasteiger partial charge in [-0.25, -0.2) is 4.79 Å². The standard InChI is InChI=1S/C36H47N5O6/c1-22(37-2)32(42)40-31(24-11-5-4-6-12-24)35(45)41-21-27(38-33(43)25-16-18-26(19-17-25)36(46)47-3)20-30(41)34(44)39-29-15-9-13-23-10-7-8-14-28(23)29/h7-8,10,14,16-19,22,24,27,29-31,37H,4-6,9,11-13,15,20-21H2,1-3H3,(H,38,43)(H,39,44)(H,40,42)/t22-,27+,29+,30-,31-/m0/s1. The highest BCUT2D eigenvalue weighted by Crippen LogP contribution is 2.32. The SMILES string of the molecule is CN[C@@H](C)C(=O)N[C@H](C(=O)N1C[C@H](NC(=O)c2ccc(C(=O)OC)cc2)C[C@H]1C(=O)N[C@@H]1CCCc2ccccc21)C1CCCCC1. The number of nitrogens with zero attached hydrogens (tertiary/aromatic N) is 1. The summed E-state index contributed by atoms with van der Waals surface area (Å²) >= 11 is 0. The van der Waals surface area contributed by atoms with E-state index in [9.17, 15) is 24.0 Å². The molecule has 2 aliphatic carbocycles. The van der Waals surface area contributed by atoms with E-state index in [0.717, 1.165) is 56.9 Å². The highest BCUT2D eigenvalue weighted by molar-refractivity contribution is 5.97. The van der Waals surface area contributed by atoms with Crippen LogP contribution in [-0.2, 0) is 25.5 Å². The van der Waals surface area contributed by atoms with Crippen LogP contribution in [-0.4, -0.2) is 79.4 Å². The maximum atomic E-state index is 14.5. The van der Waals surface area contributed by atoms with Gasteiger partial charge in [0.05, 0.1) is 24.8 Å². The van der Waals surface area contributed by atoms with Crippen LogP contribution in [0.25, 0.3) is 0 Å². The van der Waals surface area contributed by atoms with Crippen LogP contribution >= 0.6 is 0 Å². The highest BCUT2D eigenvalue weighted by atomic mass is 16.5. The summed E-state index contributed by atoms with van der Waals surface area (Å²) in [5.74, 6) is -1.74. The van der Waals surface area contributed by atoms with Gasteiger partial charge >= 0.3 is 5.97 Å². The van der Waals surface area contributed by atoms with E-state index in [1.54, 1.807) is 31.0 Å². The molecule has 2 aromatic carbocycles. The van der Waals surface area contributed by atoms with Crippen LogP contribution in [0.4, 0.5) is 0 Å². The molecule has 11 heteroatoms. The molecule has 11 nitrogen and oxygen atoms in total. The molecule has 2 aromatic rings. The van der Waals surface area contributed by atoms with Gasteiger partial charge in [-0.15, -0.1) is 0 Å². The number of methoxy groups -OCH3 is 1. The van der Waals surface area contributed by atoms with Crippen molar-refractivity contribution in [2.45, 2.75) is 94.9 Å². The summed E-state index contributed by atoms with van der Waals surface area (Å²) in [6.45, 7) is 1.87. The Hall–Kier alpha value is -4.25. The van der Waals surface area contributed by atoms with Crippen LogP contribution in [0.5, 0.6) is 0 Å². The lowest BCUT2D eigenvalue weighted by molar-refractivity contribution is -0.143. The van der Waals surface area contributed by atoms with Gasteiger partial charge in [0.2, 0.25) is 17.7 Å². The predicted octanol–water partition coefficient (Wildman–Crippen LogP) is 3.04. The predicted molar refractivity (Wildman–Crippen MR) is 176 cm³/mol. The largest absolute Gasteiger partial charge is 0.465 e. The molecule has 0 unspecified atom stereocenters.